The van der Waals surface area contributed by atoms with Crippen LogP contribution in [0.2, 0.25) is 0 Å². The van der Waals surface area contributed by atoms with Gasteiger partial charge in [0.15, 0.2) is 0 Å². The second-order valence-electron chi connectivity index (χ2n) is 5.13. The van der Waals surface area contributed by atoms with Crippen LogP contribution in [0.25, 0.3) is 0 Å². The molecule has 3 unspecified atom stereocenters. The number of nitrogens with one attached hydrogen (secondary N) is 1. The zero-order chi connectivity index (χ0) is 15.3. The summed E-state index contributed by atoms with van der Waals surface area (Å²) in [6.45, 7) is 3.28. The number of carbonyl (C=O) groups is 3. The van der Waals surface area contributed by atoms with Crippen LogP contribution in [0, 0.1) is 0 Å². The van der Waals surface area contributed by atoms with Crippen molar-refractivity contribution in [3.63, 3.8) is 0 Å². The minimum atomic E-state index is -1.13. The maximum absolute atomic E-state index is 12.4. The highest BCUT2D eigenvalue weighted by molar-refractivity contribution is 5.90. The Hall–Kier alpha value is -1.63. The van der Waals surface area contributed by atoms with E-state index in [1.165, 1.54) is 6.92 Å². The van der Waals surface area contributed by atoms with Crippen LogP contribution >= 0.6 is 0 Å². The van der Waals surface area contributed by atoms with E-state index >= 15 is 0 Å². The molecule has 114 valence electrons. The molecule has 1 heterocycles. The Morgan fingerprint density at radius 1 is 1.40 bits per heavy atom. The molecule has 0 aliphatic carbocycles. The number of hydrogen-bond acceptors (Lipinski definition) is 4. The summed E-state index contributed by atoms with van der Waals surface area (Å²) in [5, 5.41) is 21.2. The molecule has 0 aromatic rings. The van der Waals surface area contributed by atoms with Crippen molar-refractivity contribution in [3.8, 4) is 0 Å². The second-order valence-corrected chi connectivity index (χ2v) is 5.13. The lowest BCUT2D eigenvalue weighted by atomic mass is 10.1. The fourth-order valence-electron chi connectivity index (χ4n) is 2.40. The number of amides is 2. The van der Waals surface area contributed by atoms with Gasteiger partial charge in [0.05, 0.1) is 6.10 Å². The number of carboxylic acid groups (broad SMARTS) is 1. The largest absolute Gasteiger partial charge is 0.480 e. The van der Waals surface area contributed by atoms with Crippen LogP contribution in [0.3, 0.4) is 0 Å². The Kier molecular flexibility index (Phi) is 5.94. The van der Waals surface area contributed by atoms with E-state index in [0.29, 0.717) is 6.42 Å². The number of carboxylic acids is 1. The molecule has 1 fully saturated rings. The summed E-state index contributed by atoms with van der Waals surface area (Å²) in [5.41, 5.74) is 0. The molecule has 1 saturated heterocycles. The number of hydrogen-bond donors (Lipinski definition) is 3. The van der Waals surface area contributed by atoms with Crippen molar-refractivity contribution < 1.29 is 24.6 Å². The lowest BCUT2D eigenvalue weighted by Gasteiger charge is -2.26. The fraction of sp³-hybridized carbons (Fsp3) is 0.769. The lowest BCUT2D eigenvalue weighted by Crippen LogP contribution is -2.51. The highest BCUT2D eigenvalue weighted by atomic mass is 16.4. The van der Waals surface area contributed by atoms with Crippen LogP contribution in [0.5, 0.6) is 0 Å². The predicted octanol–water partition coefficient (Wildman–Crippen LogP) is -0.272. The molecule has 1 rings (SSSR count). The molecule has 0 bridgehead atoms. The van der Waals surface area contributed by atoms with Gasteiger partial charge in [-0.25, -0.2) is 4.79 Å². The van der Waals surface area contributed by atoms with E-state index in [0.717, 1.165) is 17.7 Å². The van der Waals surface area contributed by atoms with Crippen LogP contribution in [-0.4, -0.2) is 57.6 Å². The Morgan fingerprint density at radius 3 is 2.55 bits per heavy atom. The summed E-state index contributed by atoms with van der Waals surface area (Å²) in [4.78, 5) is 35.8. The lowest BCUT2D eigenvalue weighted by molar-refractivity contribution is -0.149. The maximum atomic E-state index is 12.4. The molecule has 1 aliphatic rings. The van der Waals surface area contributed by atoms with Gasteiger partial charge in [-0.1, -0.05) is 19.8 Å². The molecule has 0 radical (unpaired) electrons. The molecule has 1 aliphatic heterocycles. The third kappa shape index (κ3) is 4.19. The van der Waals surface area contributed by atoms with E-state index in [-0.39, 0.29) is 18.9 Å². The van der Waals surface area contributed by atoms with Crippen LogP contribution in [0.1, 0.15) is 39.5 Å². The van der Waals surface area contributed by atoms with E-state index in [9.17, 15) is 19.5 Å². The number of β-amino-alcohol motifs (C(OH)–C–C–N with tert-alkyl or cyclic N) is 1. The van der Waals surface area contributed by atoms with Crippen molar-refractivity contribution in [2.24, 2.45) is 0 Å². The molecule has 0 saturated carbocycles. The van der Waals surface area contributed by atoms with E-state index in [4.69, 9.17) is 5.11 Å². The SMILES string of the molecule is CCCCC(NC(C)=O)C(=O)N1CC(O)CC1C(=O)O. The van der Waals surface area contributed by atoms with E-state index < -0.39 is 30.1 Å². The van der Waals surface area contributed by atoms with Crippen molar-refractivity contribution in [1.29, 1.82) is 0 Å². The average molecular weight is 286 g/mol. The molecular weight excluding hydrogens is 264 g/mol. The first-order chi connectivity index (χ1) is 9.36. The Labute approximate surface area is 117 Å². The highest BCUT2D eigenvalue weighted by Crippen LogP contribution is 2.20. The van der Waals surface area contributed by atoms with E-state index in [2.05, 4.69) is 5.32 Å². The maximum Gasteiger partial charge on any atom is 0.326 e. The molecule has 3 N–H and O–H groups in total. The number of aliphatic carboxylic acids is 1. The van der Waals surface area contributed by atoms with Gasteiger partial charge >= 0.3 is 5.97 Å². The number of unbranched alkanes of at least 4 members (excludes halogenated alkanes) is 1. The van der Waals surface area contributed by atoms with Gasteiger partial charge in [-0.15, -0.1) is 0 Å². The van der Waals surface area contributed by atoms with Gasteiger partial charge < -0.3 is 20.4 Å². The molecule has 3 atom stereocenters. The molecule has 7 nitrogen and oxygen atoms in total. The Morgan fingerprint density at radius 2 is 2.05 bits per heavy atom. The molecule has 0 aromatic carbocycles. The Balaban J connectivity index is 2.81. The summed E-state index contributed by atoms with van der Waals surface area (Å²) < 4.78 is 0. The summed E-state index contributed by atoms with van der Waals surface area (Å²) in [5.74, 6) is -1.89. The average Bonchev–Trinajstić information content (AvgIpc) is 2.75. The standard InChI is InChI=1S/C13H22N2O5/c1-3-4-5-10(14-8(2)16)12(18)15-7-9(17)6-11(15)13(19)20/h9-11,17H,3-7H2,1-2H3,(H,14,16)(H,19,20). The van der Waals surface area contributed by atoms with Crippen LogP contribution in [-0.2, 0) is 14.4 Å². The molecule has 2 amide bonds. The zero-order valence-corrected chi connectivity index (χ0v) is 11.8. The smallest absolute Gasteiger partial charge is 0.326 e. The minimum absolute atomic E-state index is 0.00197. The first-order valence-corrected chi connectivity index (χ1v) is 6.85. The van der Waals surface area contributed by atoms with Gasteiger partial charge in [-0.3, -0.25) is 9.59 Å². The summed E-state index contributed by atoms with van der Waals surface area (Å²) in [6.07, 6.45) is 1.29. The first-order valence-electron chi connectivity index (χ1n) is 6.85. The number of nitrogens with zero attached hydrogens (tertiary/aromatic N) is 1. The third-order valence-electron chi connectivity index (χ3n) is 3.37. The van der Waals surface area contributed by atoms with Crippen LogP contribution in [0.4, 0.5) is 0 Å². The summed E-state index contributed by atoms with van der Waals surface area (Å²) >= 11 is 0. The number of carbonyl (C=O) groups excluding carboxylic acids is 2. The number of rotatable bonds is 6. The molecular formula is C13H22N2O5. The van der Waals surface area contributed by atoms with Crippen LogP contribution < -0.4 is 5.32 Å². The van der Waals surface area contributed by atoms with Gasteiger partial charge in [0, 0.05) is 19.9 Å². The molecule has 0 aromatic heterocycles. The number of aliphatic hydroxyl groups is 1. The second kappa shape index (κ2) is 7.23. The third-order valence-corrected chi connectivity index (χ3v) is 3.37. The highest BCUT2D eigenvalue weighted by Gasteiger charge is 2.41. The first kappa shape index (κ1) is 16.4. The number of likely N-dealkylation sites (tertiary alicyclic amines) is 1. The van der Waals surface area contributed by atoms with Crippen LogP contribution in [0.15, 0.2) is 0 Å². The molecule has 7 heteroatoms. The molecule has 0 spiro atoms. The van der Waals surface area contributed by atoms with Crippen molar-refractivity contribution >= 4 is 17.8 Å². The fourth-order valence-corrected chi connectivity index (χ4v) is 2.40. The molecule has 20 heavy (non-hydrogen) atoms. The Bertz CT molecular complexity index is 385. The quantitative estimate of drug-likeness (QED) is 0.623. The van der Waals surface area contributed by atoms with Crippen molar-refractivity contribution in [3.05, 3.63) is 0 Å². The normalized spacial score (nSPS) is 23.4. The minimum Gasteiger partial charge on any atom is -0.480 e. The van der Waals surface area contributed by atoms with Gasteiger partial charge in [-0.05, 0) is 6.42 Å². The monoisotopic (exact) mass is 286 g/mol. The summed E-state index contributed by atoms with van der Waals surface area (Å²) in [6, 6.07) is -1.74. The zero-order valence-electron chi connectivity index (χ0n) is 11.8. The summed E-state index contributed by atoms with van der Waals surface area (Å²) in [7, 11) is 0. The van der Waals surface area contributed by atoms with Gasteiger partial charge in [0.25, 0.3) is 0 Å². The van der Waals surface area contributed by atoms with Gasteiger partial charge in [-0.2, -0.15) is 0 Å². The topological polar surface area (TPSA) is 107 Å². The van der Waals surface area contributed by atoms with Gasteiger partial charge in [0.2, 0.25) is 11.8 Å². The van der Waals surface area contributed by atoms with Crippen molar-refractivity contribution in [1.82, 2.24) is 10.2 Å². The van der Waals surface area contributed by atoms with Crippen molar-refractivity contribution in [2.75, 3.05) is 6.54 Å². The number of aliphatic hydroxyl groups excluding tert-OH is 1. The van der Waals surface area contributed by atoms with Gasteiger partial charge in [0.1, 0.15) is 12.1 Å². The van der Waals surface area contributed by atoms with Crippen molar-refractivity contribution in [2.45, 2.75) is 57.7 Å². The van der Waals surface area contributed by atoms with E-state index in [1.54, 1.807) is 0 Å². The predicted molar refractivity (Wildman–Crippen MR) is 70.9 cm³/mol. The van der Waals surface area contributed by atoms with E-state index in [1.807, 2.05) is 6.92 Å².